The van der Waals surface area contributed by atoms with E-state index in [4.69, 9.17) is 4.74 Å². The maximum Gasteiger partial charge on any atom is 0.243 e. The molecule has 180 valence electrons. The number of benzene rings is 3. The molecule has 0 saturated carbocycles. The molecule has 3 aromatic carbocycles. The summed E-state index contributed by atoms with van der Waals surface area (Å²) in [5.41, 5.74) is 0.552. The summed E-state index contributed by atoms with van der Waals surface area (Å²) in [6, 6.07) is 20.0. The molecular formula is C25H29N3O5S. The van der Waals surface area contributed by atoms with Crippen molar-refractivity contribution in [2.75, 3.05) is 44.6 Å². The molecule has 0 aliphatic carbocycles. The first-order valence-electron chi connectivity index (χ1n) is 11.2. The van der Waals surface area contributed by atoms with Crippen molar-refractivity contribution in [2.45, 2.75) is 17.9 Å². The minimum Gasteiger partial charge on any atom is -0.491 e. The van der Waals surface area contributed by atoms with Crippen LogP contribution in [-0.2, 0) is 14.8 Å². The lowest BCUT2D eigenvalue weighted by Crippen LogP contribution is -2.50. The molecule has 0 unspecified atom stereocenters. The van der Waals surface area contributed by atoms with Crippen LogP contribution < -0.4 is 10.1 Å². The van der Waals surface area contributed by atoms with Gasteiger partial charge in [-0.25, -0.2) is 8.42 Å². The number of aliphatic hydroxyl groups is 1. The number of nitrogens with zero attached hydrogens (tertiary/aromatic N) is 2. The van der Waals surface area contributed by atoms with Crippen LogP contribution in [0.3, 0.4) is 0 Å². The highest BCUT2D eigenvalue weighted by Gasteiger charge is 2.29. The lowest BCUT2D eigenvalue weighted by Gasteiger charge is -2.34. The average molecular weight is 484 g/mol. The van der Waals surface area contributed by atoms with Crippen LogP contribution in [0.5, 0.6) is 5.75 Å². The van der Waals surface area contributed by atoms with Crippen molar-refractivity contribution in [3.05, 3.63) is 66.7 Å². The van der Waals surface area contributed by atoms with Gasteiger partial charge in [-0.05, 0) is 47.2 Å². The highest BCUT2D eigenvalue weighted by Crippen LogP contribution is 2.22. The second-order valence-electron chi connectivity index (χ2n) is 8.38. The number of hydrogen-bond donors (Lipinski definition) is 2. The monoisotopic (exact) mass is 483 g/mol. The standard InChI is InChI=1S/C25H29N3O5S/c1-19(29)26-22-7-10-25(11-8-22)34(31,32)28-14-12-27(13-15-28)17-23(30)18-33-24-9-6-20-4-2-3-5-21(20)16-24/h2-11,16,23,30H,12-15,17-18H2,1H3,(H,26,29)/t23-/m0/s1. The molecule has 34 heavy (non-hydrogen) atoms. The molecule has 1 heterocycles. The van der Waals surface area contributed by atoms with E-state index in [2.05, 4.69) is 5.32 Å². The minimum absolute atomic E-state index is 0.164. The van der Waals surface area contributed by atoms with Crippen molar-refractivity contribution in [3.63, 3.8) is 0 Å². The van der Waals surface area contributed by atoms with Gasteiger partial charge < -0.3 is 15.2 Å². The maximum absolute atomic E-state index is 13.0. The maximum atomic E-state index is 13.0. The zero-order valence-electron chi connectivity index (χ0n) is 19.1. The first-order chi connectivity index (χ1) is 16.3. The third-order valence-electron chi connectivity index (χ3n) is 5.78. The predicted octanol–water partition coefficient (Wildman–Crippen LogP) is 2.54. The van der Waals surface area contributed by atoms with Crippen molar-refractivity contribution in [1.82, 2.24) is 9.21 Å². The van der Waals surface area contributed by atoms with E-state index in [1.165, 1.54) is 23.4 Å². The fourth-order valence-corrected chi connectivity index (χ4v) is 5.44. The summed E-state index contributed by atoms with van der Waals surface area (Å²) in [5.74, 6) is 0.495. The fraction of sp³-hybridized carbons (Fsp3) is 0.320. The number of carbonyl (C=O) groups excluding carboxylic acids is 1. The van der Waals surface area contributed by atoms with E-state index in [1.54, 1.807) is 12.1 Å². The van der Waals surface area contributed by atoms with Crippen LogP contribution in [0.1, 0.15) is 6.92 Å². The van der Waals surface area contributed by atoms with Crippen LogP contribution in [-0.4, -0.2) is 74.1 Å². The van der Waals surface area contributed by atoms with Gasteiger partial charge in [0.2, 0.25) is 15.9 Å². The van der Waals surface area contributed by atoms with Crippen LogP contribution in [0.15, 0.2) is 71.6 Å². The third-order valence-corrected chi connectivity index (χ3v) is 7.69. The number of amides is 1. The summed E-state index contributed by atoms with van der Waals surface area (Å²) in [6.07, 6.45) is -0.684. The van der Waals surface area contributed by atoms with E-state index in [-0.39, 0.29) is 17.4 Å². The predicted molar refractivity (Wildman–Crippen MR) is 131 cm³/mol. The van der Waals surface area contributed by atoms with Crippen molar-refractivity contribution in [3.8, 4) is 5.75 Å². The van der Waals surface area contributed by atoms with Crippen LogP contribution in [0.4, 0.5) is 5.69 Å². The van der Waals surface area contributed by atoms with Gasteiger partial charge in [0, 0.05) is 45.3 Å². The van der Waals surface area contributed by atoms with Gasteiger partial charge in [0.1, 0.15) is 18.5 Å². The smallest absolute Gasteiger partial charge is 0.243 e. The van der Waals surface area contributed by atoms with Gasteiger partial charge in [-0.3, -0.25) is 9.69 Å². The summed E-state index contributed by atoms with van der Waals surface area (Å²) in [7, 11) is -3.62. The van der Waals surface area contributed by atoms with Crippen LogP contribution in [0.25, 0.3) is 10.8 Å². The molecule has 4 rings (SSSR count). The van der Waals surface area contributed by atoms with E-state index in [1.807, 2.05) is 47.4 Å². The van der Waals surface area contributed by atoms with Gasteiger partial charge >= 0.3 is 0 Å². The molecule has 2 N–H and O–H groups in total. The summed E-state index contributed by atoms with van der Waals surface area (Å²) in [4.78, 5) is 13.4. The zero-order valence-corrected chi connectivity index (χ0v) is 19.9. The second kappa shape index (κ2) is 10.5. The Labute approximate surface area is 199 Å². The second-order valence-corrected chi connectivity index (χ2v) is 10.3. The first kappa shape index (κ1) is 24.2. The molecule has 1 aliphatic heterocycles. The van der Waals surface area contributed by atoms with Crippen molar-refractivity contribution < 1.29 is 23.1 Å². The third kappa shape index (κ3) is 5.92. The molecule has 1 saturated heterocycles. The molecule has 1 aliphatic rings. The molecule has 3 aromatic rings. The summed E-state index contributed by atoms with van der Waals surface area (Å²) in [5, 5.41) is 15.3. The van der Waals surface area contributed by atoms with Crippen molar-refractivity contribution in [1.29, 1.82) is 0 Å². The highest BCUT2D eigenvalue weighted by atomic mass is 32.2. The molecule has 8 nitrogen and oxygen atoms in total. The molecule has 0 aromatic heterocycles. The summed E-state index contributed by atoms with van der Waals surface area (Å²) >= 11 is 0. The first-order valence-corrected chi connectivity index (χ1v) is 12.6. The number of β-amino-alcohol motifs (C(OH)–C–C–N with tert-alkyl or cyclic N) is 1. The van der Waals surface area contributed by atoms with Gasteiger partial charge in [0.25, 0.3) is 0 Å². The number of rotatable bonds is 8. The fourth-order valence-electron chi connectivity index (χ4n) is 4.02. The van der Waals surface area contributed by atoms with E-state index in [9.17, 15) is 18.3 Å². The Kier molecular flexibility index (Phi) is 7.47. The Morgan fingerprint density at radius 1 is 1.00 bits per heavy atom. The van der Waals surface area contributed by atoms with E-state index < -0.39 is 16.1 Å². The lowest BCUT2D eigenvalue weighted by atomic mass is 10.1. The molecule has 9 heteroatoms. The highest BCUT2D eigenvalue weighted by molar-refractivity contribution is 7.89. The number of carbonyl (C=O) groups is 1. The topological polar surface area (TPSA) is 99.2 Å². The number of hydrogen-bond acceptors (Lipinski definition) is 6. The number of piperazine rings is 1. The Bertz CT molecular complexity index is 1240. The largest absolute Gasteiger partial charge is 0.491 e. The Balaban J connectivity index is 1.26. The number of fused-ring (bicyclic) bond motifs is 1. The van der Waals surface area contributed by atoms with Gasteiger partial charge in [-0.2, -0.15) is 4.31 Å². The van der Waals surface area contributed by atoms with E-state index >= 15 is 0 Å². The zero-order chi connectivity index (χ0) is 24.1. The van der Waals surface area contributed by atoms with Gasteiger partial charge in [-0.1, -0.05) is 30.3 Å². The number of anilines is 1. The van der Waals surface area contributed by atoms with Gasteiger partial charge in [0.05, 0.1) is 4.90 Å². The molecule has 1 amide bonds. The van der Waals surface area contributed by atoms with Crippen molar-refractivity contribution in [2.24, 2.45) is 0 Å². The Hall–Kier alpha value is -2.98. The number of aliphatic hydroxyl groups excluding tert-OH is 1. The summed E-state index contributed by atoms with van der Waals surface area (Å²) in [6.45, 7) is 3.70. The van der Waals surface area contributed by atoms with Gasteiger partial charge in [-0.15, -0.1) is 0 Å². The molecule has 0 bridgehead atoms. The SMILES string of the molecule is CC(=O)Nc1ccc(S(=O)(=O)N2CCN(C[C@H](O)COc3ccc4ccccc4c3)CC2)cc1. The number of ether oxygens (including phenoxy) is 1. The molecule has 1 atom stereocenters. The normalized spacial score (nSPS) is 16.3. The average Bonchev–Trinajstić information content (AvgIpc) is 2.83. The minimum atomic E-state index is -3.62. The number of nitrogens with one attached hydrogen (secondary N) is 1. The van der Waals surface area contributed by atoms with Gasteiger partial charge in [0.15, 0.2) is 0 Å². The van der Waals surface area contributed by atoms with Crippen LogP contribution in [0, 0.1) is 0 Å². The molecule has 1 fully saturated rings. The Morgan fingerprint density at radius 3 is 2.35 bits per heavy atom. The lowest BCUT2D eigenvalue weighted by molar-refractivity contribution is -0.114. The molecule has 0 spiro atoms. The van der Waals surface area contributed by atoms with Crippen molar-refractivity contribution >= 4 is 32.4 Å². The van der Waals surface area contributed by atoms with E-state index in [0.29, 0.717) is 44.2 Å². The van der Waals surface area contributed by atoms with E-state index in [0.717, 1.165) is 10.8 Å². The Morgan fingerprint density at radius 2 is 1.68 bits per heavy atom. The summed E-state index contributed by atoms with van der Waals surface area (Å²) < 4.78 is 33.1. The number of sulfonamides is 1. The van der Waals surface area contributed by atoms with Crippen LogP contribution >= 0.6 is 0 Å². The molecule has 0 radical (unpaired) electrons. The van der Waals surface area contributed by atoms with Crippen LogP contribution in [0.2, 0.25) is 0 Å². The quantitative estimate of drug-likeness (QED) is 0.511. The molecular weight excluding hydrogens is 454 g/mol.